The first kappa shape index (κ1) is 17.0. The van der Waals surface area contributed by atoms with Crippen molar-refractivity contribution in [2.45, 2.75) is 19.3 Å². The van der Waals surface area contributed by atoms with E-state index in [0.717, 1.165) is 29.7 Å². The highest BCUT2D eigenvalue weighted by Crippen LogP contribution is 2.38. The van der Waals surface area contributed by atoms with E-state index in [1.165, 1.54) is 17.4 Å². The maximum Gasteiger partial charge on any atom is 0.251 e. The quantitative estimate of drug-likeness (QED) is 0.776. The van der Waals surface area contributed by atoms with Gasteiger partial charge in [-0.1, -0.05) is 29.3 Å². The highest BCUT2D eigenvalue weighted by Gasteiger charge is 2.25. The molecule has 2 aromatic rings. The minimum absolute atomic E-state index is 0.344. The van der Waals surface area contributed by atoms with E-state index in [4.69, 9.17) is 28.9 Å². The van der Waals surface area contributed by atoms with Crippen LogP contribution in [0.4, 0.5) is 5.00 Å². The van der Waals surface area contributed by atoms with Gasteiger partial charge in [-0.3, -0.25) is 9.59 Å². The average molecular weight is 381 g/mol. The van der Waals surface area contributed by atoms with Gasteiger partial charge in [0.1, 0.15) is 5.00 Å². The summed E-state index contributed by atoms with van der Waals surface area (Å²) in [4.78, 5) is 25.0. The van der Waals surface area contributed by atoms with E-state index in [2.05, 4.69) is 5.32 Å². The largest absolute Gasteiger partial charge is 0.365 e. The van der Waals surface area contributed by atoms with Crippen LogP contribution < -0.4 is 11.1 Å². The molecule has 0 atom stereocenters. The number of halogens is 2. The Labute approximate surface area is 153 Å². The van der Waals surface area contributed by atoms with Crippen LogP contribution in [0.1, 0.15) is 32.8 Å². The van der Waals surface area contributed by atoms with Crippen molar-refractivity contribution in [2.75, 3.05) is 5.32 Å². The molecule has 0 fully saturated rings. The Balaban J connectivity index is 1.78. The summed E-state index contributed by atoms with van der Waals surface area (Å²) in [6.45, 7) is 0. The summed E-state index contributed by atoms with van der Waals surface area (Å²) in [6, 6.07) is 5.03. The van der Waals surface area contributed by atoms with E-state index in [-0.39, 0.29) is 5.91 Å². The molecule has 0 saturated heterocycles. The Hall–Kier alpha value is -1.82. The van der Waals surface area contributed by atoms with Crippen LogP contribution in [0.2, 0.25) is 10.0 Å². The number of nitrogens with two attached hydrogens (primary N) is 1. The van der Waals surface area contributed by atoms with Gasteiger partial charge in [-0.2, -0.15) is 0 Å². The molecule has 1 aromatic heterocycles. The monoisotopic (exact) mass is 380 g/mol. The minimum Gasteiger partial charge on any atom is -0.365 e. The lowest BCUT2D eigenvalue weighted by molar-refractivity contribution is -0.111. The second kappa shape index (κ2) is 6.97. The maximum absolute atomic E-state index is 12.2. The van der Waals surface area contributed by atoms with Crippen LogP contribution in [-0.2, 0) is 17.6 Å². The maximum atomic E-state index is 12.2. The van der Waals surface area contributed by atoms with E-state index in [9.17, 15) is 9.59 Å². The number of carbonyl (C=O) groups is 2. The number of benzene rings is 1. The Morgan fingerprint density at radius 1 is 1.25 bits per heavy atom. The zero-order valence-electron chi connectivity index (χ0n) is 12.6. The summed E-state index contributed by atoms with van der Waals surface area (Å²) in [5.74, 6) is -0.849. The molecule has 1 aliphatic rings. The molecule has 1 heterocycles. The second-order valence-corrected chi connectivity index (χ2v) is 7.36. The van der Waals surface area contributed by atoms with Crippen LogP contribution in [-0.4, -0.2) is 11.8 Å². The number of amides is 2. The molecule has 1 aliphatic carbocycles. The van der Waals surface area contributed by atoms with Crippen LogP contribution in [0, 0.1) is 0 Å². The molecule has 0 spiro atoms. The molecule has 1 aromatic carbocycles. The van der Waals surface area contributed by atoms with Crippen LogP contribution in [0.3, 0.4) is 0 Å². The van der Waals surface area contributed by atoms with Crippen LogP contribution in [0.25, 0.3) is 6.08 Å². The van der Waals surface area contributed by atoms with Crippen molar-refractivity contribution in [1.29, 1.82) is 0 Å². The molecule has 3 rings (SSSR count). The first-order chi connectivity index (χ1) is 11.5. The molecule has 124 valence electrons. The van der Waals surface area contributed by atoms with E-state index < -0.39 is 5.91 Å². The van der Waals surface area contributed by atoms with Crippen molar-refractivity contribution in [3.05, 3.63) is 55.9 Å². The fraction of sp³-hybridized carbons (Fsp3) is 0.176. The molecule has 7 heteroatoms. The van der Waals surface area contributed by atoms with E-state index in [0.29, 0.717) is 26.2 Å². The summed E-state index contributed by atoms with van der Waals surface area (Å²) in [7, 11) is 0. The van der Waals surface area contributed by atoms with Gasteiger partial charge in [-0.05, 0) is 48.6 Å². The lowest BCUT2D eigenvalue weighted by atomic mass is 10.1. The van der Waals surface area contributed by atoms with Crippen LogP contribution in [0.15, 0.2) is 24.3 Å². The van der Waals surface area contributed by atoms with Crippen molar-refractivity contribution in [1.82, 2.24) is 0 Å². The van der Waals surface area contributed by atoms with E-state index in [1.807, 2.05) is 0 Å². The minimum atomic E-state index is -0.505. The van der Waals surface area contributed by atoms with Crippen molar-refractivity contribution in [3.8, 4) is 0 Å². The number of rotatable bonds is 4. The molecule has 4 nitrogen and oxygen atoms in total. The zero-order chi connectivity index (χ0) is 17.3. The molecular formula is C17H14Cl2N2O2S. The lowest BCUT2D eigenvalue weighted by Gasteiger charge is -2.03. The molecule has 0 saturated carbocycles. The standard InChI is InChI=1S/C17H14Cl2N2O2S/c18-10-6-4-9(12(19)8-10)5-7-14(22)21-17-15(16(20)23)11-2-1-3-13(11)24-17/h4-8H,1-3H2,(H2,20,23)(H,21,22)/b7-5+. The van der Waals surface area contributed by atoms with Gasteiger partial charge in [0, 0.05) is 21.0 Å². The predicted molar refractivity (Wildman–Crippen MR) is 99.0 cm³/mol. The van der Waals surface area contributed by atoms with E-state index in [1.54, 1.807) is 24.3 Å². The zero-order valence-corrected chi connectivity index (χ0v) is 14.9. The van der Waals surface area contributed by atoms with Crippen LogP contribution >= 0.6 is 34.5 Å². The number of hydrogen-bond acceptors (Lipinski definition) is 3. The Kier molecular flexibility index (Phi) is 4.94. The first-order valence-electron chi connectivity index (χ1n) is 7.34. The molecule has 0 radical (unpaired) electrons. The molecule has 24 heavy (non-hydrogen) atoms. The van der Waals surface area contributed by atoms with Crippen LogP contribution in [0.5, 0.6) is 0 Å². The Morgan fingerprint density at radius 3 is 2.75 bits per heavy atom. The number of fused-ring (bicyclic) bond motifs is 1. The molecule has 0 aliphatic heterocycles. The highest BCUT2D eigenvalue weighted by atomic mass is 35.5. The Bertz CT molecular complexity index is 859. The van der Waals surface area contributed by atoms with Gasteiger partial charge in [0.2, 0.25) is 5.91 Å². The third kappa shape index (κ3) is 3.48. The summed E-state index contributed by atoms with van der Waals surface area (Å²) in [6.07, 6.45) is 5.73. The number of thiophene rings is 1. The number of nitrogens with one attached hydrogen (secondary N) is 1. The number of hydrogen-bond donors (Lipinski definition) is 2. The fourth-order valence-corrected chi connectivity index (χ4v) is 4.48. The third-order valence-electron chi connectivity index (χ3n) is 3.78. The molecule has 3 N–H and O–H groups in total. The van der Waals surface area contributed by atoms with Gasteiger partial charge in [0.15, 0.2) is 0 Å². The van der Waals surface area contributed by atoms with Gasteiger partial charge in [0.05, 0.1) is 5.56 Å². The molecule has 2 amide bonds. The predicted octanol–water partition coefficient (Wildman–Crippen LogP) is 4.29. The summed E-state index contributed by atoms with van der Waals surface area (Å²) in [5.41, 5.74) is 7.58. The number of anilines is 1. The number of primary amides is 1. The van der Waals surface area contributed by atoms with Crippen molar-refractivity contribution in [2.24, 2.45) is 5.73 Å². The van der Waals surface area contributed by atoms with Gasteiger partial charge in [-0.25, -0.2) is 0 Å². The third-order valence-corrected chi connectivity index (χ3v) is 5.55. The SMILES string of the molecule is NC(=O)c1c(NC(=O)/C=C/c2ccc(Cl)cc2Cl)sc2c1CCC2. The number of aryl methyl sites for hydroxylation is 1. The fourth-order valence-electron chi connectivity index (χ4n) is 2.71. The molecule has 0 bridgehead atoms. The molecular weight excluding hydrogens is 367 g/mol. The average Bonchev–Trinajstić information content (AvgIpc) is 3.06. The van der Waals surface area contributed by atoms with Gasteiger partial charge in [-0.15, -0.1) is 11.3 Å². The summed E-state index contributed by atoms with van der Waals surface area (Å²) in [5, 5.41) is 4.25. The summed E-state index contributed by atoms with van der Waals surface area (Å²) < 4.78 is 0. The van der Waals surface area contributed by atoms with Gasteiger partial charge in [0.25, 0.3) is 5.91 Å². The first-order valence-corrected chi connectivity index (χ1v) is 8.91. The molecule has 0 unspecified atom stereocenters. The highest BCUT2D eigenvalue weighted by molar-refractivity contribution is 7.17. The smallest absolute Gasteiger partial charge is 0.251 e. The topological polar surface area (TPSA) is 72.2 Å². The van der Waals surface area contributed by atoms with Crippen molar-refractivity contribution < 1.29 is 9.59 Å². The number of carbonyl (C=O) groups excluding carboxylic acids is 2. The normalized spacial score (nSPS) is 13.2. The van der Waals surface area contributed by atoms with Gasteiger partial charge >= 0.3 is 0 Å². The lowest BCUT2D eigenvalue weighted by Crippen LogP contribution is -2.16. The van der Waals surface area contributed by atoms with Gasteiger partial charge < -0.3 is 11.1 Å². The van der Waals surface area contributed by atoms with Crippen molar-refractivity contribution >= 4 is 57.4 Å². The van der Waals surface area contributed by atoms with E-state index >= 15 is 0 Å². The van der Waals surface area contributed by atoms with Crippen molar-refractivity contribution in [3.63, 3.8) is 0 Å². The summed E-state index contributed by atoms with van der Waals surface area (Å²) >= 11 is 13.3. The Morgan fingerprint density at radius 2 is 2.04 bits per heavy atom. The second-order valence-electron chi connectivity index (χ2n) is 5.41.